The summed E-state index contributed by atoms with van der Waals surface area (Å²) in [6.07, 6.45) is 2.43. The number of ether oxygens (including phenoxy) is 1. The highest BCUT2D eigenvalue weighted by Gasteiger charge is 2.30. The average Bonchev–Trinajstić information content (AvgIpc) is 3.13. The average molecular weight is 249 g/mol. The van der Waals surface area contributed by atoms with E-state index in [0.717, 1.165) is 12.1 Å². The lowest BCUT2D eigenvalue weighted by Gasteiger charge is -2.25. The van der Waals surface area contributed by atoms with Crippen LogP contribution in [0.15, 0.2) is 24.3 Å². The molecule has 1 saturated carbocycles. The molecule has 1 unspecified atom stereocenters. The molecule has 0 bridgehead atoms. The quantitative estimate of drug-likeness (QED) is 0.839. The van der Waals surface area contributed by atoms with E-state index in [-0.39, 0.29) is 0 Å². The molecule has 0 saturated heterocycles. The third-order valence-electron chi connectivity index (χ3n) is 3.33. The van der Waals surface area contributed by atoms with Crippen LogP contribution in [0.5, 0.6) is 5.75 Å². The monoisotopic (exact) mass is 249 g/mol. The van der Waals surface area contributed by atoms with E-state index in [1.807, 2.05) is 30.1 Å². The van der Waals surface area contributed by atoms with Gasteiger partial charge in [-0.25, -0.2) is 0 Å². The van der Waals surface area contributed by atoms with Crippen LogP contribution in [0.4, 0.5) is 0 Å². The fraction of sp³-hybridized carbons (Fsp3) is 0.500. The van der Waals surface area contributed by atoms with Crippen molar-refractivity contribution in [2.45, 2.75) is 18.9 Å². The van der Waals surface area contributed by atoms with Gasteiger partial charge in [-0.2, -0.15) is 0 Å². The molecule has 1 fully saturated rings. The Morgan fingerprint density at radius 3 is 2.83 bits per heavy atom. The van der Waals surface area contributed by atoms with E-state index < -0.39 is 12.0 Å². The van der Waals surface area contributed by atoms with Gasteiger partial charge in [-0.3, -0.25) is 9.69 Å². The SMILES string of the molecule is COc1cccc(C(C(=O)O)N(C)CC2CC2)c1. The molecule has 0 amide bonds. The zero-order valence-corrected chi connectivity index (χ0v) is 10.8. The molecule has 1 aliphatic carbocycles. The van der Waals surface area contributed by atoms with Gasteiger partial charge in [-0.05, 0) is 43.5 Å². The largest absolute Gasteiger partial charge is 0.497 e. The predicted octanol–water partition coefficient (Wildman–Crippen LogP) is 2.16. The summed E-state index contributed by atoms with van der Waals surface area (Å²) in [5, 5.41) is 9.41. The minimum absolute atomic E-state index is 0.597. The van der Waals surface area contributed by atoms with Crippen LogP contribution in [0.2, 0.25) is 0 Å². The van der Waals surface area contributed by atoms with E-state index in [1.54, 1.807) is 13.2 Å². The Kier molecular flexibility index (Phi) is 3.87. The summed E-state index contributed by atoms with van der Waals surface area (Å²) in [5.74, 6) is 0.549. The maximum Gasteiger partial charge on any atom is 0.325 e. The zero-order chi connectivity index (χ0) is 13.1. The van der Waals surface area contributed by atoms with Crippen LogP contribution >= 0.6 is 0 Å². The van der Waals surface area contributed by atoms with E-state index in [9.17, 15) is 9.90 Å². The molecule has 4 nitrogen and oxygen atoms in total. The predicted molar refractivity (Wildman–Crippen MR) is 68.7 cm³/mol. The molecule has 1 atom stereocenters. The lowest BCUT2D eigenvalue weighted by molar-refractivity contribution is -0.143. The van der Waals surface area contributed by atoms with E-state index >= 15 is 0 Å². The first kappa shape index (κ1) is 12.9. The van der Waals surface area contributed by atoms with E-state index in [0.29, 0.717) is 11.7 Å². The van der Waals surface area contributed by atoms with Gasteiger partial charge < -0.3 is 9.84 Å². The second-order valence-corrected chi connectivity index (χ2v) is 4.90. The third-order valence-corrected chi connectivity index (χ3v) is 3.33. The van der Waals surface area contributed by atoms with E-state index in [2.05, 4.69) is 0 Å². The van der Waals surface area contributed by atoms with Gasteiger partial charge in [0.05, 0.1) is 7.11 Å². The Bertz CT molecular complexity index is 429. The summed E-state index contributed by atoms with van der Waals surface area (Å²) >= 11 is 0. The minimum Gasteiger partial charge on any atom is -0.497 e. The molecule has 0 aliphatic heterocycles. The topological polar surface area (TPSA) is 49.8 Å². The Hall–Kier alpha value is -1.55. The standard InChI is InChI=1S/C14H19NO3/c1-15(9-10-6-7-10)13(14(16)17)11-4-3-5-12(8-11)18-2/h3-5,8,10,13H,6-7,9H2,1-2H3,(H,16,17). The third kappa shape index (κ3) is 3.01. The van der Waals surface area contributed by atoms with Crippen molar-refractivity contribution in [2.75, 3.05) is 20.7 Å². The Labute approximate surface area is 107 Å². The number of carboxylic acid groups (broad SMARTS) is 1. The molecule has 1 aromatic carbocycles. The molecule has 18 heavy (non-hydrogen) atoms. The number of nitrogens with zero attached hydrogens (tertiary/aromatic N) is 1. The van der Waals surface area contributed by atoms with Crippen molar-refractivity contribution in [2.24, 2.45) is 5.92 Å². The number of carbonyl (C=O) groups is 1. The van der Waals surface area contributed by atoms with Gasteiger partial charge in [-0.1, -0.05) is 12.1 Å². The summed E-state index contributed by atoms with van der Waals surface area (Å²) < 4.78 is 5.15. The van der Waals surface area contributed by atoms with E-state index in [1.165, 1.54) is 12.8 Å². The second-order valence-electron chi connectivity index (χ2n) is 4.90. The van der Waals surface area contributed by atoms with Crippen molar-refractivity contribution in [3.05, 3.63) is 29.8 Å². The Morgan fingerprint density at radius 2 is 2.28 bits per heavy atom. The number of carboxylic acids is 1. The van der Waals surface area contributed by atoms with Gasteiger partial charge in [0.2, 0.25) is 0 Å². The van der Waals surface area contributed by atoms with Crippen LogP contribution in [0.25, 0.3) is 0 Å². The first-order valence-electron chi connectivity index (χ1n) is 6.19. The number of aliphatic carboxylic acids is 1. The van der Waals surface area contributed by atoms with Crippen LogP contribution in [-0.4, -0.2) is 36.7 Å². The van der Waals surface area contributed by atoms with Crippen molar-refractivity contribution in [1.29, 1.82) is 0 Å². The summed E-state index contributed by atoms with van der Waals surface area (Å²) in [6, 6.07) is 6.69. The van der Waals surface area contributed by atoms with Crippen LogP contribution < -0.4 is 4.74 Å². The molecule has 0 heterocycles. The number of hydrogen-bond donors (Lipinski definition) is 1. The molecule has 0 spiro atoms. The van der Waals surface area contributed by atoms with Crippen molar-refractivity contribution < 1.29 is 14.6 Å². The lowest BCUT2D eigenvalue weighted by atomic mass is 10.1. The fourth-order valence-electron chi connectivity index (χ4n) is 2.21. The number of methoxy groups -OCH3 is 1. The maximum atomic E-state index is 11.5. The molecule has 0 aromatic heterocycles. The molecule has 1 N–H and O–H groups in total. The normalized spacial score (nSPS) is 16.6. The van der Waals surface area contributed by atoms with Gasteiger partial charge in [-0.15, -0.1) is 0 Å². The van der Waals surface area contributed by atoms with Gasteiger partial charge >= 0.3 is 5.97 Å². The first-order valence-corrected chi connectivity index (χ1v) is 6.19. The molecule has 0 radical (unpaired) electrons. The minimum atomic E-state index is -0.814. The zero-order valence-electron chi connectivity index (χ0n) is 10.8. The summed E-state index contributed by atoms with van der Waals surface area (Å²) in [5.41, 5.74) is 0.769. The van der Waals surface area contributed by atoms with Gasteiger partial charge in [0.15, 0.2) is 0 Å². The number of hydrogen-bond acceptors (Lipinski definition) is 3. The molecule has 2 rings (SSSR count). The highest BCUT2D eigenvalue weighted by Crippen LogP contribution is 2.32. The Morgan fingerprint density at radius 1 is 1.56 bits per heavy atom. The molecule has 4 heteroatoms. The van der Waals surface area contributed by atoms with Crippen molar-refractivity contribution >= 4 is 5.97 Å². The maximum absolute atomic E-state index is 11.5. The van der Waals surface area contributed by atoms with Crippen LogP contribution in [0, 0.1) is 5.92 Å². The summed E-state index contributed by atoms with van der Waals surface area (Å²) in [6.45, 7) is 0.841. The van der Waals surface area contributed by atoms with Gasteiger partial charge in [0.1, 0.15) is 11.8 Å². The summed E-state index contributed by atoms with van der Waals surface area (Å²) in [4.78, 5) is 13.4. The van der Waals surface area contributed by atoms with Crippen molar-refractivity contribution in [1.82, 2.24) is 4.90 Å². The van der Waals surface area contributed by atoms with Crippen molar-refractivity contribution in [3.8, 4) is 5.75 Å². The highest BCUT2D eigenvalue weighted by atomic mass is 16.5. The summed E-state index contributed by atoms with van der Waals surface area (Å²) in [7, 11) is 3.46. The number of benzene rings is 1. The lowest BCUT2D eigenvalue weighted by Crippen LogP contribution is -2.32. The fourth-order valence-corrected chi connectivity index (χ4v) is 2.21. The number of likely N-dealkylation sites (N-methyl/N-ethyl adjacent to an activating group) is 1. The van der Waals surface area contributed by atoms with Crippen LogP contribution in [0.3, 0.4) is 0 Å². The second kappa shape index (κ2) is 5.40. The molecule has 1 aromatic rings. The smallest absolute Gasteiger partial charge is 0.325 e. The van der Waals surface area contributed by atoms with Crippen molar-refractivity contribution in [3.63, 3.8) is 0 Å². The molecule has 1 aliphatic rings. The Balaban J connectivity index is 2.19. The van der Waals surface area contributed by atoms with Gasteiger partial charge in [0, 0.05) is 6.54 Å². The van der Waals surface area contributed by atoms with Gasteiger partial charge in [0.25, 0.3) is 0 Å². The molecular weight excluding hydrogens is 230 g/mol. The molecular formula is C14H19NO3. The number of rotatable bonds is 6. The van der Waals surface area contributed by atoms with Crippen LogP contribution in [-0.2, 0) is 4.79 Å². The molecule has 98 valence electrons. The highest BCUT2D eigenvalue weighted by molar-refractivity contribution is 5.75. The first-order chi connectivity index (χ1) is 8.61. The van der Waals surface area contributed by atoms with Crippen LogP contribution in [0.1, 0.15) is 24.4 Å². The van der Waals surface area contributed by atoms with E-state index in [4.69, 9.17) is 4.74 Å².